The second-order valence-corrected chi connectivity index (χ2v) is 9.96. The van der Waals surface area contributed by atoms with E-state index in [1.54, 1.807) is 18.2 Å². The number of halogens is 3. The minimum Gasteiger partial charge on any atom is -0.495 e. The highest BCUT2D eigenvalue weighted by Crippen LogP contribution is 2.30. The number of alkyl halides is 2. The van der Waals surface area contributed by atoms with Crippen molar-refractivity contribution in [3.63, 3.8) is 0 Å². The number of hydrogen-bond acceptors (Lipinski definition) is 3. The number of nitrogens with zero attached hydrogens (tertiary/aromatic N) is 2. The highest BCUT2D eigenvalue weighted by Gasteiger charge is 2.24. The molecule has 0 bridgehead atoms. The standard InChI is InChI=1S/C27H39ClF2N2O.C3H8.C2H2/c1-9-10-26(28)31-16-25(33-8)20(3)15-19(2)22(5)24-13-11-23(12-14-24)18-32(7)17-21(4)27(6,29)30;1-3-2;1-2/h10-14,16-17,19,22H,9,15,18H2,1-8H3;3H2,1-2H3;1-2H/b21-17+,25-20-,26-10-,31-16-;;. The zero-order valence-corrected chi connectivity index (χ0v) is 25.9. The van der Waals surface area contributed by atoms with Gasteiger partial charge in [-0.3, -0.25) is 0 Å². The number of allylic oxidation sites excluding steroid dienone is 4. The van der Waals surface area contributed by atoms with Gasteiger partial charge in [-0.15, -0.1) is 12.8 Å². The Hall–Kier alpha value is -2.58. The first-order valence-corrected chi connectivity index (χ1v) is 13.5. The van der Waals surface area contributed by atoms with Crippen LogP contribution in [0.3, 0.4) is 0 Å². The number of hydrogen-bond donors (Lipinski definition) is 0. The maximum atomic E-state index is 13.4. The third-order valence-electron chi connectivity index (χ3n) is 5.84. The molecule has 38 heavy (non-hydrogen) atoms. The molecule has 1 aromatic carbocycles. The first-order valence-electron chi connectivity index (χ1n) is 13.1. The summed E-state index contributed by atoms with van der Waals surface area (Å²) >= 11 is 6.06. The lowest BCUT2D eigenvalue weighted by atomic mass is 9.84. The van der Waals surface area contributed by atoms with Crippen molar-refractivity contribution in [2.24, 2.45) is 10.9 Å². The predicted octanol–water partition coefficient (Wildman–Crippen LogP) is 9.95. The van der Waals surface area contributed by atoms with Gasteiger partial charge >= 0.3 is 0 Å². The molecule has 0 amide bonds. The summed E-state index contributed by atoms with van der Waals surface area (Å²) in [4.78, 5) is 6.04. The van der Waals surface area contributed by atoms with Crippen molar-refractivity contribution in [3.05, 3.63) is 69.7 Å². The van der Waals surface area contributed by atoms with E-state index in [4.69, 9.17) is 16.3 Å². The molecule has 0 saturated carbocycles. The van der Waals surface area contributed by atoms with Crippen molar-refractivity contribution in [2.75, 3.05) is 14.2 Å². The van der Waals surface area contributed by atoms with Gasteiger partial charge in [-0.05, 0) is 61.3 Å². The number of ether oxygens (including phenoxy) is 1. The average molecular weight is 551 g/mol. The molecule has 0 N–H and O–H groups in total. The van der Waals surface area contributed by atoms with Gasteiger partial charge in [-0.25, -0.2) is 13.8 Å². The molecule has 0 aliphatic rings. The lowest BCUT2D eigenvalue weighted by Gasteiger charge is -2.22. The molecule has 0 aliphatic heterocycles. The Morgan fingerprint density at radius 1 is 1.13 bits per heavy atom. The Labute approximate surface area is 236 Å². The molecule has 214 valence electrons. The van der Waals surface area contributed by atoms with Crippen molar-refractivity contribution in [1.82, 2.24) is 4.90 Å². The Morgan fingerprint density at radius 2 is 1.66 bits per heavy atom. The molecule has 3 nitrogen and oxygen atoms in total. The van der Waals surface area contributed by atoms with Gasteiger partial charge in [-0.2, -0.15) is 0 Å². The lowest BCUT2D eigenvalue weighted by molar-refractivity contribution is 0.0615. The van der Waals surface area contributed by atoms with Crippen molar-refractivity contribution in [2.45, 2.75) is 93.0 Å². The average Bonchev–Trinajstić information content (AvgIpc) is 2.85. The zero-order valence-electron chi connectivity index (χ0n) is 25.1. The highest BCUT2D eigenvalue weighted by atomic mass is 35.5. The van der Waals surface area contributed by atoms with E-state index in [2.05, 4.69) is 76.7 Å². The topological polar surface area (TPSA) is 24.8 Å². The third kappa shape index (κ3) is 15.6. The van der Waals surface area contributed by atoms with Crippen molar-refractivity contribution in [3.8, 4) is 12.8 Å². The van der Waals surface area contributed by atoms with Crippen molar-refractivity contribution < 1.29 is 13.5 Å². The van der Waals surface area contributed by atoms with Gasteiger partial charge in [0.05, 0.1) is 13.3 Å². The van der Waals surface area contributed by atoms with E-state index in [-0.39, 0.29) is 5.57 Å². The first kappa shape index (κ1) is 37.6. The number of methoxy groups -OCH3 is 1. The first-order chi connectivity index (χ1) is 17.8. The number of aliphatic imine (C=N–C) groups is 1. The molecular formula is C32H49ClF2N2O. The fourth-order valence-corrected chi connectivity index (χ4v) is 3.67. The van der Waals surface area contributed by atoms with E-state index in [0.29, 0.717) is 23.5 Å². The molecule has 0 radical (unpaired) electrons. The van der Waals surface area contributed by atoms with Gasteiger partial charge in [0.15, 0.2) is 0 Å². The normalized spacial score (nSPS) is 14.4. The van der Waals surface area contributed by atoms with E-state index < -0.39 is 5.92 Å². The van der Waals surface area contributed by atoms with Crippen molar-refractivity contribution in [1.29, 1.82) is 0 Å². The van der Waals surface area contributed by atoms with Gasteiger partial charge in [0.1, 0.15) is 10.9 Å². The second kappa shape index (κ2) is 20.4. The summed E-state index contributed by atoms with van der Waals surface area (Å²) in [5.41, 5.74) is 3.50. The van der Waals surface area contributed by atoms with E-state index in [0.717, 1.165) is 36.7 Å². The van der Waals surface area contributed by atoms with Crippen LogP contribution >= 0.6 is 11.6 Å². The van der Waals surface area contributed by atoms with Crippen LogP contribution in [-0.4, -0.2) is 31.2 Å². The summed E-state index contributed by atoms with van der Waals surface area (Å²) < 4.78 is 32.3. The molecule has 0 spiro atoms. The highest BCUT2D eigenvalue weighted by molar-refractivity contribution is 6.29. The van der Waals surface area contributed by atoms with Gasteiger partial charge in [0, 0.05) is 32.3 Å². The fourth-order valence-electron chi connectivity index (χ4n) is 3.47. The molecule has 6 heteroatoms. The molecule has 0 saturated heterocycles. The molecule has 2 atom stereocenters. The minimum absolute atomic E-state index is 0.0524. The van der Waals surface area contributed by atoms with Crippen molar-refractivity contribution >= 4 is 17.8 Å². The van der Waals surface area contributed by atoms with E-state index in [1.165, 1.54) is 25.1 Å². The zero-order chi connectivity index (χ0) is 29.9. The molecule has 1 rings (SSSR count). The van der Waals surface area contributed by atoms with Crippen LogP contribution in [-0.2, 0) is 11.3 Å². The Balaban J connectivity index is 0. The van der Waals surface area contributed by atoms with Crippen LogP contribution in [0.5, 0.6) is 0 Å². The third-order valence-corrected chi connectivity index (χ3v) is 6.10. The molecule has 0 heterocycles. The Kier molecular flexibility index (Phi) is 20.2. The maximum absolute atomic E-state index is 13.4. The minimum atomic E-state index is -2.80. The van der Waals surface area contributed by atoms with Crippen LogP contribution in [0.4, 0.5) is 8.78 Å². The molecule has 0 fully saturated rings. The Morgan fingerprint density at radius 3 is 2.11 bits per heavy atom. The smallest absolute Gasteiger partial charge is 0.268 e. The SMILES string of the molecule is C#C.CCC.CC\C=C(Cl)/N=C\C(OC)=C(/C)CC(C)C(C)c1ccc(CN(C)/C=C(\C)C(C)(F)F)cc1. The van der Waals surface area contributed by atoms with Crippen LogP contribution in [0.25, 0.3) is 0 Å². The number of terminal acetylenes is 1. The Bertz CT molecular complexity index is 925. The molecule has 1 aromatic rings. The molecular weight excluding hydrogens is 502 g/mol. The summed E-state index contributed by atoms with van der Waals surface area (Å²) in [6.45, 7) is 15.7. The van der Waals surface area contributed by atoms with Gasteiger partial charge in [0.2, 0.25) is 0 Å². The van der Waals surface area contributed by atoms with E-state index >= 15 is 0 Å². The van der Waals surface area contributed by atoms with Crippen LogP contribution < -0.4 is 0 Å². The lowest BCUT2D eigenvalue weighted by Crippen LogP contribution is -2.17. The molecule has 2 unspecified atom stereocenters. The largest absolute Gasteiger partial charge is 0.495 e. The summed E-state index contributed by atoms with van der Waals surface area (Å²) in [5.74, 6) is -1.35. The summed E-state index contributed by atoms with van der Waals surface area (Å²) in [6.07, 6.45) is 16.0. The van der Waals surface area contributed by atoms with Gasteiger partial charge < -0.3 is 9.64 Å². The van der Waals surface area contributed by atoms with Gasteiger partial charge in [-0.1, -0.05) is 76.9 Å². The monoisotopic (exact) mass is 550 g/mol. The summed E-state index contributed by atoms with van der Waals surface area (Å²) in [7, 11) is 3.45. The molecule has 0 aromatic heterocycles. The predicted molar refractivity (Wildman–Crippen MR) is 163 cm³/mol. The number of benzene rings is 1. The molecule has 0 aliphatic carbocycles. The van der Waals surface area contributed by atoms with Gasteiger partial charge in [0.25, 0.3) is 5.92 Å². The van der Waals surface area contributed by atoms with Crippen LogP contribution in [0.15, 0.2) is 63.6 Å². The maximum Gasteiger partial charge on any atom is 0.268 e. The second-order valence-electron chi connectivity index (χ2n) is 9.58. The summed E-state index contributed by atoms with van der Waals surface area (Å²) in [5, 5.41) is 0.459. The van der Waals surface area contributed by atoms with Crippen LogP contribution in [0, 0.1) is 18.8 Å². The van der Waals surface area contributed by atoms with Crippen LogP contribution in [0.2, 0.25) is 0 Å². The van der Waals surface area contributed by atoms with Crippen LogP contribution in [0.1, 0.15) is 91.7 Å². The van der Waals surface area contributed by atoms with E-state index in [1.807, 2.05) is 20.0 Å². The number of rotatable bonds is 12. The quantitative estimate of drug-likeness (QED) is 0.112. The van der Waals surface area contributed by atoms with E-state index in [9.17, 15) is 8.78 Å². The fraction of sp³-hybridized carbons (Fsp3) is 0.531. The summed E-state index contributed by atoms with van der Waals surface area (Å²) in [6, 6.07) is 8.39.